The van der Waals surface area contributed by atoms with Crippen LogP contribution in [0.25, 0.3) is 5.57 Å². The largest absolute Gasteiger partial charge is 0.492 e. The summed E-state index contributed by atoms with van der Waals surface area (Å²) in [7, 11) is 4.09. The summed E-state index contributed by atoms with van der Waals surface area (Å²) in [6, 6.07) is 8.25. The van der Waals surface area contributed by atoms with Crippen molar-refractivity contribution in [1.29, 1.82) is 0 Å². The Balaban J connectivity index is 0.00000256. The number of nitrogens with zero attached hydrogens (tertiary/aromatic N) is 1. The van der Waals surface area contributed by atoms with E-state index in [-0.39, 0.29) is 12.4 Å². The quantitative estimate of drug-likeness (QED) is 0.799. The van der Waals surface area contributed by atoms with E-state index >= 15 is 0 Å². The third-order valence-corrected chi connectivity index (χ3v) is 2.55. The van der Waals surface area contributed by atoms with Gasteiger partial charge in [-0.25, -0.2) is 0 Å². The lowest BCUT2D eigenvalue weighted by Gasteiger charge is -2.11. The molecule has 1 aromatic carbocycles. The second-order valence-electron chi connectivity index (χ2n) is 4.15. The third-order valence-electron chi connectivity index (χ3n) is 2.55. The Labute approximate surface area is 111 Å². The molecule has 2 nitrogen and oxygen atoms in total. The number of benzene rings is 1. The van der Waals surface area contributed by atoms with Crippen LogP contribution in [-0.2, 0) is 0 Å². The summed E-state index contributed by atoms with van der Waals surface area (Å²) in [5.41, 5.74) is 2.54. The van der Waals surface area contributed by atoms with Gasteiger partial charge in [-0.1, -0.05) is 18.2 Å². The van der Waals surface area contributed by atoms with Gasteiger partial charge in [-0.15, -0.1) is 12.4 Å². The Bertz CT molecular complexity index is 344. The molecule has 0 radical (unpaired) electrons. The number of ether oxygens (including phenoxy) is 1. The third kappa shape index (κ3) is 5.76. The highest BCUT2D eigenvalue weighted by atomic mass is 35.5. The van der Waals surface area contributed by atoms with E-state index in [1.54, 1.807) is 0 Å². The van der Waals surface area contributed by atoms with E-state index in [1.807, 2.05) is 26.2 Å². The minimum atomic E-state index is 0. The Morgan fingerprint density at radius 2 is 1.82 bits per heavy atom. The molecule has 0 spiro atoms. The predicted molar refractivity (Wildman–Crippen MR) is 77.1 cm³/mol. The number of likely N-dealkylation sites (N-methyl/N-ethyl adjacent to an activating group) is 1. The minimum absolute atomic E-state index is 0. The Kier molecular flexibility index (Phi) is 7.68. The standard InChI is InChI=1S/C14H21NO.ClH/c1-5-12(2)13-6-8-14(9-7-13)16-11-10-15(3)4;/h5-9H,10-11H2,1-4H3;1H/b12-5+;. The van der Waals surface area contributed by atoms with Crippen LogP contribution >= 0.6 is 12.4 Å². The summed E-state index contributed by atoms with van der Waals surface area (Å²) < 4.78 is 5.62. The number of allylic oxidation sites excluding steroid dienone is 2. The number of hydrogen-bond acceptors (Lipinski definition) is 2. The van der Waals surface area contributed by atoms with Crippen molar-refractivity contribution in [3.63, 3.8) is 0 Å². The average molecular weight is 256 g/mol. The topological polar surface area (TPSA) is 12.5 Å². The van der Waals surface area contributed by atoms with Crippen molar-refractivity contribution in [2.24, 2.45) is 0 Å². The van der Waals surface area contributed by atoms with Gasteiger partial charge in [-0.05, 0) is 51.2 Å². The lowest BCUT2D eigenvalue weighted by atomic mass is 10.1. The monoisotopic (exact) mass is 255 g/mol. The second-order valence-corrected chi connectivity index (χ2v) is 4.15. The lowest BCUT2D eigenvalue weighted by molar-refractivity contribution is 0.261. The summed E-state index contributed by atoms with van der Waals surface area (Å²) in [4.78, 5) is 2.11. The molecule has 0 aliphatic rings. The zero-order chi connectivity index (χ0) is 12.0. The molecule has 0 heterocycles. The summed E-state index contributed by atoms with van der Waals surface area (Å²) in [5.74, 6) is 0.939. The fourth-order valence-corrected chi connectivity index (χ4v) is 1.33. The van der Waals surface area contributed by atoms with Crippen molar-refractivity contribution in [1.82, 2.24) is 4.90 Å². The van der Waals surface area contributed by atoms with Crippen LogP contribution in [0, 0.1) is 0 Å². The average Bonchev–Trinajstić information content (AvgIpc) is 2.28. The molecule has 0 aromatic heterocycles. The highest BCUT2D eigenvalue weighted by Crippen LogP contribution is 2.18. The van der Waals surface area contributed by atoms with Crippen molar-refractivity contribution in [2.45, 2.75) is 13.8 Å². The molecule has 0 bridgehead atoms. The van der Waals surface area contributed by atoms with Crippen LogP contribution in [0.4, 0.5) is 0 Å². The highest BCUT2D eigenvalue weighted by molar-refractivity contribution is 5.85. The maximum atomic E-state index is 5.62. The Morgan fingerprint density at radius 1 is 1.24 bits per heavy atom. The normalized spacial score (nSPS) is 11.2. The predicted octanol–water partition coefficient (Wildman–Crippen LogP) is 3.47. The molecule has 1 rings (SSSR count). The van der Waals surface area contributed by atoms with Gasteiger partial charge < -0.3 is 9.64 Å². The fourth-order valence-electron chi connectivity index (χ4n) is 1.33. The molecular weight excluding hydrogens is 234 g/mol. The van der Waals surface area contributed by atoms with Crippen molar-refractivity contribution >= 4 is 18.0 Å². The van der Waals surface area contributed by atoms with E-state index in [0.29, 0.717) is 0 Å². The van der Waals surface area contributed by atoms with Crippen LogP contribution in [0.3, 0.4) is 0 Å². The second kappa shape index (κ2) is 8.15. The van der Waals surface area contributed by atoms with Crippen molar-refractivity contribution in [3.05, 3.63) is 35.9 Å². The molecular formula is C14H22ClNO. The van der Waals surface area contributed by atoms with E-state index in [0.717, 1.165) is 18.9 Å². The van der Waals surface area contributed by atoms with E-state index < -0.39 is 0 Å². The first-order valence-corrected chi connectivity index (χ1v) is 5.64. The summed E-state index contributed by atoms with van der Waals surface area (Å²) in [6.45, 7) is 5.84. The van der Waals surface area contributed by atoms with Gasteiger partial charge in [-0.3, -0.25) is 0 Å². The Hall–Kier alpha value is -0.990. The van der Waals surface area contributed by atoms with E-state index in [4.69, 9.17) is 4.74 Å². The molecule has 96 valence electrons. The molecule has 0 N–H and O–H groups in total. The first kappa shape index (κ1) is 16.0. The summed E-state index contributed by atoms with van der Waals surface area (Å²) >= 11 is 0. The Morgan fingerprint density at radius 3 is 2.29 bits per heavy atom. The number of rotatable bonds is 5. The summed E-state index contributed by atoms with van der Waals surface area (Å²) in [5, 5.41) is 0. The van der Waals surface area contributed by atoms with Crippen LogP contribution in [0.5, 0.6) is 5.75 Å². The van der Waals surface area contributed by atoms with Crippen LogP contribution in [0.15, 0.2) is 30.3 Å². The minimum Gasteiger partial charge on any atom is -0.492 e. The van der Waals surface area contributed by atoms with Gasteiger partial charge in [0.1, 0.15) is 12.4 Å². The molecule has 0 atom stereocenters. The van der Waals surface area contributed by atoms with Gasteiger partial charge in [-0.2, -0.15) is 0 Å². The van der Waals surface area contributed by atoms with Crippen molar-refractivity contribution in [3.8, 4) is 5.75 Å². The molecule has 1 aromatic rings. The summed E-state index contributed by atoms with van der Waals surface area (Å²) in [6.07, 6.45) is 2.11. The smallest absolute Gasteiger partial charge is 0.119 e. The van der Waals surface area contributed by atoms with Gasteiger partial charge in [0.25, 0.3) is 0 Å². The molecule has 0 amide bonds. The fraction of sp³-hybridized carbons (Fsp3) is 0.429. The molecule has 0 unspecified atom stereocenters. The van der Waals surface area contributed by atoms with Crippen LogP contribution < -0.4 is 4.74 Å². The van der Waals surface area contributed by atoms with Crippen LogP contribution in [-0.4, -0.2) is 32.1 Å². The molecule has 3 heteroatoms. The molecule has 0 saturated carbocycles. The molecule has 17 heavy (non-hydrogen) atoms. The lowest BCUT2D eigenvalue weighted by Crippen LogP contribution is -2.19. The molecule has 0 aliphatic carbocycles. The van der Waals surface area contributed by atoms with E-state index in [2.05, 4.69) is 37.0 Å². The number of halogens is 1. The van der Waals surface area contributed by atoms with Gasteiger partial charge in [0, 0.05) is 6.54 Å². The SMILES string of the molecule is C/C=C(\C)c1ccc(OCCN(C)C)cc1.Cl. The molecule has 0 saturated heterocycles. The van der Waals surface area contributed by atoms with Crippen LogP contribution in [0.2, 0.25) is 0 Å². The van der Waals surface area contributed by atoms with Gasteiger partial charge >= 0.3 is 0 Å². The zero-order valence-electron chi connectivity index (χ0n) is 11.1. The molecule has 0 aliphatic heterocycles. The number of hydrogen-bond donors (Lipinski definition) is 0. The molecule has 0 fully saturated rings. The maximum Gasteiger partial charge on any atom is 0.119 e. The zero-order valence-corrected chi connectivity index (χ0v) is 11.9. The highest BCUT2D eigenvalue weighted by Gasteiger charge is 1.97. The van der Waals surface area contributed by atoms with E-state index in [9.17, 15) is 0 Å². The van der Waals surface area contributed by atoms with Gasteiger partial charge in [0.05, 0.1) is 0 Å². The van der Waals surface area contributed by atoms with Gasteiger partial charge in [0.15, 0.2) is 0 Å². The van der Waals surface area contributed by atoms with E-state index in [1.165, 1.54) is 11.1 Å². The first-order valence-electron chi connectivity index (χ1n) is 5.64. The van der Waals surface area contributed by atoms with Crippen LogP contribution in [0.1, 0.15) is 19.4 Å². The van der Waals surface area contributed by atoms with Crippen molar-refractivity contribution in [2.75, 3.05) is 27.2 Å². The maximum absolute atomic E-state index is 5.62. The van der Waals surface area contributed by atoms with Gasteiger partial charge in [0.2, 0.25) is 0 Å². The van der Waals surface area contributed by atoms with Crippen molar-refractivity contribution < 1.29 is 4.74 Å². The first-order chi connectivity index (χ1) is 7.63.